The lowest BCUT2D eigenvalue weighted by Crippen LogP contribution is -2.32. The number of benzene rings is 4. The second kappa shape index (κ2) is 12.2. The molecule has 0 aromatic heterocycles. The number of halogens is 5. The summed E-state index contributed by atoms with van der Waals surface area (Å²) in [7, 11) is -0.420. The minimum absolute atomic E-state index is 0.395. The van der Waals surface area contributed by atoms with Gasteiger partial charge >= 0.3 is 5.97 Å². The third kappa shape index (κ3) is 6.00. The van der Waals surface area contributed by atoms with Crippen molar-refractivity contribution < 1.29 is 36.2 Å². The van der Waals surface area contributed by atoms with Crippen LogP contribution in [-0.2, 0) is 26.0 Å². The predicted octanol–water partition coefficient (Wildman–Crippen LogP) is 8.12. The molecule has 3 nitrogen and oxygen atoms in total. The molecular formula is C32H26F5O3S+. The Bertz CT molecular complexity index is 1500. The topological polar surface area (TPSA) is 35.5 Å². The summed E-state index contributed by atoms with van der Waals surface area (Å²) < 4.78 is 80.9. The van der Waals surface area contributed by atoms with E-state index in [0.29, 0.717) is 5.75 Å². The van der Waals surface area contributed by atoms with Crippen molar-refractivity contribution in [1.82, 2.24) is 0 Å². The highest BCUT2D eigenvalue weighted by Gasteiger charge is 2.39. The van der Waals surface area contributed by atoms with Gasteiger partial charge in [-0.2, -0.15) is 0 Å². The predicted molar refractivity (Wildman–Crippen MR) is 146 cm³/mol. The van der Waals surface area contributed by atoms with E-state index in [1.165, 1.54) is 0 Å². The van der Waals surface area contributed by atoms with Gasteiger partial charge in [-0.15, -0.1) is 0 Å². The molecule has 0 bridgehead atoms. The molecule has 0 saturated heterocycles. The molecule has 0 spiro atoms. The lowest BCUT2D eigenvalue weighted by molar-refractivity contribution is -0.157. The molecule has 0 aliphatic heterocycles. The number of carbonyl (C=O) groups excluding carboxylic acids is 1. The summed E-state index contributed by atoms with van der Waals surface area (Å²) in [6.45, 7) is 7.27. The summed E-state index contributed by atoms with van der Waals surface area (Å²) in [6.07, 6.45) is 0.780. The molecule has 0 heterocycles. The summed E-state index contributed by atoms with van der Waals surface area (Å²) in [5.74, 6) is -11.6. The average Bonchev–Trinajstić information content (AvgIpc) is 2.96. The Morgan fingerprint density at radius 3 is 1.66 bits per heavy atom. The van der Waals surface area contributed by atoms with Crippen LogP contribution in [0.15, 0.2) is 100 Å². The van der Waals surface area contributed by atoms with Gasteiger partial charge < -0.3 is 9.47 Å². The Morgan fingerprint density at radius 1 is 0.780 bits per heavy atom. The first kappa shape index (κ1) is 29.9. The summed E-state index contributed by atoms with van der Waals surface area (Å²) >= 11 is 0. The standard InChI is InChI=1S/C32H26F5O3S/c1-5-32(4,25-26(33)28(35)30(37)29(36)27(25)34)40-24(38)18-39-31-19(2)16-23(17-20(31)3)41(21-12-8-6-9-13-21)22-14-10-7-11-15-22/h5-17H,1,18H2,2-4H3/q+1. The van der Waals surface area contributed by atoms with Crippen molar-refractivity contribution in [1.29, 1.82) is 0 Å². The lowest BCUT2D eigenvalue weighted by atomic mass is 9.94. The zero-order valence-corrected chi connectivity index (χ0v) is 23.3. The summed E-state index contributed by atoms with van der Waals surface area (Å²) in [5, 5.41) is 0. The first-order valence-electron chi connectivity index (χ1n) is 12.4. The highest BCUT2D eigenvalue weighted by Crippen LogP contribution is 2.37. The van der Waals surface area contributed by atoms with Crippen molar-refractivity contribution in [3.8, 4) is 5.75 Å². The molecule has 4 aromatic rings. The minimum Gasteiger partial charge on any atom is -0.481 e. The fraction of sp³-hybridized carbons (Fsp3) is 0.156. The maximum atomic E-state index is 14.4. The zero-order valence-electron chi connectivity index (χ0n) is 22.4. The van der Waals surface area contributed by atoms with Gasteiger partial charge in [0.05, 0.1) is 16.5 Å². The normalized spacial score (nSPS) is 12.6. The minimum atomic E-state index is -2.36. The van der Waals surface area contributed by atoms with Gasteiger partial charge in [-0.25, -0.2) is 26.7 Å². The fourth-order valence-corrected chi connectivity index (χ4v) is 6.67. The van der Waals surface area contributed by atoms with Crippen molar-refractivity contribution in [3.63, 3.8) is 0 Å². The first-order chi connectivity index (χ1) is 19.5. The number of ether oxygens (including phenoxy) is 2. The van der Waals surface area contributed by atoms with Crippen molar-refractivity contribution in [2.24, 2.45) is 0 Å². The Balaban J connectivity index is 1.58. The average molecular weight is 586 g/mol. The molecule has 9 heteroatoms. The highest BCUT2D eigenvalue weighted by atomic mass is 32.2. The molecule has 4 rings (SSSR count). The number of rotatable bonds is 9. The third-order valence-electron chi connectivity index (χ3n) is 6.38. The zero-order chi connectivity index (χ0) is 29.9. The molecular weight excluding hydrogens is 559 g/mol. The van der Waals surface area contributed by atoms with E-state index >= 15 is 0 Å². The van der Waals surface area contributed by atoms with E-state index < -0.39 is 63.7 Å². The monoisotopic (exact) mass is 585 g/mol. The van der Waals surface area contributed by atoms with Crippen molar-refractivity contribution in [3.05, 3.63) is 131 Å². The largest absolute Gasteiger partial charge is 0.481 e. The Labute approximate surface area is 237 Å². The molecule has 4 aromatic carbocycles. The van der Waals surface area contributed by atoms with E-state index in [9.17, 15) is 26.7 Å². The molecule has 1 atom stereocenters. The number of aryl methyl sites for hydroxylation is 2. The van der Waals surface area contributed by atoms with Crippen LogP contribution in [0, 0.1) is 42.9 Å². The molecule has 0 N–H and O–H groups in total. The van der Waals surface area contributed by atoms with Crippen molar-refractivity contribution >= 4 is 16.9 Å². The number of carbonyl (C=O) groups is 1. The van der Waals surface area contributed by atoms with Gasteiger partial charge in [0.2, 0.25) is 5.82 Å². The number of esters is 1. The summed E-state index contributed by atoms with van der Waals surface area (Å²) in [5.41, 5.74) is -2.24. The van der Waals surface area contributed by atoms with Crippen LogP contribution in [-0.4, -0.2) is 12.6 Å². The van der Waals surface area contributed by atoms with E-state index in [4.69, 9.17) is 9.47 Å². The van der Waals surface area contributed by atoms with Crippen LogP contribution in [0.5, 0.6) is 5.75 Å². The fourth-order valence-electron chi connectivity index (χ4n) is 4.41. The van der Waals surface area contributed by atoms with Gasteiger partial charge in [-0.05, 0) is 62.2 Å². The Morgan fingerprint density at radius 2 is 1.22 bits per heavy atom. The highest BCUT2D eigenvalue weighted by molar-refractivity contribution is 7.97. The summed E-state index contributed by atoms with van der Waals surface area (Å²) in [4.78, 5) is 16.0. The van der Waals surface area contributed by atoms with Crippen LogP contribution in [0.4, 0.5) is 22.0 Å². The van der Waals surface area contributed by atoms with E-state index in [1.807, 2.05) is 62.4 Å². The van der Waals surface area contributed by atoms with E-state index in [-0.39, 0.29) is 0 Å². The molecule has 0 saturated carbocycles. The smallest absolute Gasteiger partial charge is 0.345 e. The van der Waals surface area contributed by atoms with Gasteiger partial charge in [-0.1, -0.05) is 43.0 Å². The summed E-state index contributed by atoms with van der Waals surface area (Å²) in [6, 6.07) is 24.0. The van der Waals surface area contributed by atoms with Crippen molar-refractivity contribution in [2.75, 3.05) is 6.61 Å². The van der Waals surface area contributed by atoms with Crippen LogP contribution >= 0.6 is 0 Å². The maximum absolute atomic E-state index is 14.4. The second-order valence-electron chi connectivity index (χ2n) is 9.34. The molecule has 0 aliphatic carbocycles. The molecule has 0 amide bonds. The lowest BCUT2D eigenvalue weighted by Gasteiger charge is -2.27. The number of hydrogen-bond donors (Lipinski definition) is 0. The van der Waals surface area contributed by atoms with Gasteiger partial charge in [0, 0.05) is 12.1 Å². The molecule has 0 radical (unpaired) electrons. The Kier molecular flexibility index (Phi) is 8.87. The maximum Gasteiger partial charge on any atom is 0.345 e. The van der Waals surface area contributed by atoms with Crippen LogP contribution in [0.3, 0.4) is 0 Å². The first-order valence-corrected chi connectivity index (χ1v) is 13.7. The van der Waals surface area contributed by atoms with Gasteiger partial charge in [0.1, 0.15) is 5.75 Å². The van der Waals surface area contributed by atoms with Crippen LogP contribution in [0.25, 0.3) is 0 Å². The molecule has 212 valence electrons. The van der Waals surface area contributed by atoms with Crippen LogP contribution in [0.1, 0.15) is 23.6 Å². The van der Waals surface area contributed by atoms with Gasteiger partial charge in [-0.3, -0.25) is 0 Å². The van der Waals surface area contributed by atoms with E-state index in [2.05, 4.69) is 30.8 Å². The molecule has 0 fully saturated rings. The Hall–Kier alpha value is -4.11. The molecule has 41 heavy (non-hydrogen) atoms. The van der Waals surface area contributed by atoms with Gasteiger partial charge in [0.25, 0.3) is 0 Å². The van der Waals surface area contributed by atoms with E-state index in [1.54, 1.807) is 0 Å². The van der Waals surface area contributed by atoms with Crippen LogP contribution in [0.2, 0.25) is 0 Å². The van der Waals surface area contributed by atoms with E-state index in [0.717, 1.165) is 38.8 Å². The van der Waals surface area contributed by atoms with Crippen LogP contribution < -0.4 is 4.74 Å². The SMILES string of the molecule is C=CC(C)(OC(=O)COc1c(C)cc([S+](c2ccccc2)c2ccccc2)cc1C)c1c(F)c(F)c(F)c(F)c1F. The number of hydrogen-bond acceptors (Lipinski definition) is 3. The molecule has 1 unspecified atom stereocenters. The molecule has 0 aliphatic rings. The third-order valence-corrected chi connectivity index (χ3v) is 8.58. The van der Waals surface area contributed by atoms with Crippen molar-refractivity contribution in [2.45, 2.75) is 41.1 Å². The quantitative estimate of drug-likeness (QED) is 0.0497. The van der Waals surface area contributed by atoms with Gasteiger partial charge in [0.15, 0.2) is 50.2 Å². The second-order valence-corrected chi connectivity index (χ2v) is 11.4.